The quantitative estimate of drug-likeness (QED) is 0.223. The van der Waals surface area contributed by atoms with E-state index in [0.29, 0.717) is 56.4 Å². The molecule has 0 aliphatic carbocycles. The highest BCUT2D eigenvalue weighted by molar-refractivity contribution is 6.10. The lowest BCUT2D eigenvalue weighted by molar-refractivity contribution is -0.156. The summed E-state index contributed by atoms with van der Waals surface area (Å²) in [5.41, 5.74) is -0.694. The van der Waals surface area contributed by atoms with Crippen LogP contribution < -0.4 is 19.5 Å². The van der Waals surface area contributed by atoms with E-state index in [0.717, 1.165) is 5.56 Å². The van der Waals surface area contributed by atoms with Gasteiger partial charge in [0.15, 0.2) is 11.5 Å². The summed E-state index contributed by atoms with van der Waals surface area (Å²) >= 11 is 0. The molecule has 1 unspecified atom stereocenters. The van der Waals surface area contributed by atoms with Crippen LogP contribution in [0.25, 0.3) is 0 Å². The van der Waals surface area contributed by atoms with Crippen molar-refractivity contribution in [2.75, 3.05) is 60.7 Å². The number of methoxy groups -OCH3 is 3. The fourth-order valence-corrected chi connectivity index (χ4v) is 4.62. The largest absolute Gasteiger partial charge is 0.493 e. The normalized spacial score (nSPS) is 20.0. The van der Waals surface area contributed by atoms with E-state index in [9.17, 15) is 14.4 Å². The third kappa shape index (κ3) is 7.33. The van der Waals surface area contributed by atoms with Crippen molar-refractivity contribution >= 4 is 17.8 Å². The van der Waals surface area contributed by atoms with Crippen molar-refractivity contribution in [1.29, 1.82) is 0 Å². The van der Waals surface area contributed by atoms with Gasteiger partial charge in [-0.05, 0) is 24.3 Å². The molecule has 11 heteroatoms. The monoisotopic (exact) mass is 549 g/mol. The Morgan fingerprint density at radius 3 is 2.10 bits per heavy atom. The van der Waals surface area contributed by atoms with Crippen LogP contribution in [0.3, 0.4) is 0 Å². The maximum atomic E-state index is 13.5. The summed E-state index contributed by atoms with van der Waals surface area (Å²) in [6.07, 6.45) is 0.449. The van der Waals surface area contributed by atoms with E-state index in [-0.39, 0.29) is 31.0 Å². The van der Waals surface area contributed by atoms with Gasteiger partial charge in [0.05, 0.1) is 34.5 Å². The number of rotatable bonds is 13. The maximum Gasteiger partial charge on any atom is 0.350 e. The van der Waals surface area contributed by atoms with E-state index in [1.807, 2.05) is 39.8 Å². The summed E-state index contributed by atoms with van der Waals surface area (Å²) in [7, 11) is 4.76. The van der Waals surface area contributed by atoms with E-state index in [1.165, 1.54) is 0 Å². The van der Waals surface area contributed by atoms with Crippen LogP contribution in [0.4, 0.5) is 0 Å². The highest BCUT2D eigenvalue weighted by Crippen LogP contribution is 2.40. The molecular weight excluding hydrogens is 506 g/mol. The number of carbonyl (C=O) groups excluding carboxylic acids is 3. The third-order valence-corrected chi connectivity index (χ3v) is 6.85. The summed E-state index contributed by atoms with van der Waals surface area (Å²) in [6.45, 7) is 10.9. The summed E-state index contributed by atoms with van der Waals surface area (Å²) in [5, 5.41) is 2.79. The number of esters is 1. The lowest BCUT2D eigenvalue weighted by Gasteiger charge is -2.37. The van der Waals surface area contributed by atoms with Gasteiger partial charge in [0.25, 0.3) is 11.5 Å². The molecule has 2 atom stereocenters. The summed E-state index contributed by atoms with van der Waals surface area (Å²) in [6, 6.07) is 3.05. The van der Waals surface area contributed by atoms with Crippen LogP contribution in [0.2, 0.25) is 0 Å². The Balaban J connectivity index is 1.62. The first-order chi connectivity index (χ1) is 18.6. The van der Waals surface area contributed by atoms with Crippen molar-refractivity contribution in [3.8, 4) is 17.2 Å². The molecule has 2 aliphatic rings. The van der Waals surface area contributed by atoms with Crippen molar-refractivity contribution in [2.45, 2.75) is 52.3 Å². The number of amides is 2. The number of carbonyl (C=O) groups is 3. The highest BCUT2D eigenvalue weighted by atomic mass is 16.6. The molecule has 0 saturated carbocycles. The van der Waals surface area contributed by atoms with Gasteiger partial charge < -0.3 is 33.9 Å². The van der Waals surface area contributed by atoms with Gasteiger partial charge in [-0.25, -0.2) is 4.79 Å². The number of benzene rings is 1. The SMILES string of the molecule is COc1ccc(CN2CCN(C(=O)[C@H](CC(C)C)NC(=O)C3(C(=O)OCC(C)C)CO3)CC2)c(OC)c1OC. The minimum atomic E-state index is -1.65. The van der Waals surface area contributed by atoms with Crippen LogP contribution in [0, 0.1) is 11.8 Å². The second-order valence-corrected chi connectivity index (χ2v) is 10.9. The van der Waals surface area contributed by atoms with E-state index >= 15 is 0 Å². The highest BCUT2D eigenvalue weighted by Gasteiger charge is 2.61. The van der Waals surface area contributed by atoms with Crippen LogP contribution >= 0.6 is 0 Å². The first-order valence-corrected chi connectivity index (χ1v) is 13.5. The minimum absolute atomic E-state index is 0.0450. The van der Waals surface area contributed by atoms with Crippen LogP contribution in [0.5, 0.6) is 17.2 Å². The molecule has 1 aromatic carbocycles. The van der Waals surface area contributed by atoms with Crippen molar-refractivity contribution < 1.29 is 38.1 Å². The van der Waals surface area contributed by atoms with E-state index in [4.69, 9.17) is 23.7 Å². The molecule has 11 nitrogen and oxygen atoms in total. The van der Waals surface area contributed by atoms with Gasteiger partial charge in [-0.2, -0.15) is 0 Å². The Hall–Kier alpha value is -3.05. The average molecular weight is 550 g/mol. The minimum Gasteiger partial charge on any atom is -0.493 e. The van der Waals surface area contributed by atoms with Crippen molar-refractivity contribution in [1.82, 2.24) is 15.1 Å². The van der Waals surface area contributed by atoms with Crippen LogP contribution in [0.15, 0.2) is 12.1 Å². The molecule has 0 bridgehead atoms. The summed E-state index contributed by atoms with van der Waals surface area (Å²) in [5.74, 6) is 0.571. The van der Waals surface area contributed by atoms with Gasteiger partial charge >= 0.3 is 5.97 Å². The van der Waals surface area contributed by atoms with E-state index in [1.54, 1.807) is 26.2 Å². The Kier molecular flexibility index (Phi) is 10.4. The number of nitrogens with zero attached hydrogens (tertiary/aromatic N) is 2. The molecule has 39 heavy (non-hydrogen) atoms. The summed E-state index contributed by atoms with van der Waals surface area (Å²) < 4.78 is 27.0. The van der Waals surface area contributed by atoms with Crippen molar-refractivity contribution in [3.05, 3.63) is 17.7 Å². The molecule has 0 radical (unpaired) electrons. The predicted molar refractivity (Wildman–Crippen MR) is 144 cm³/mol. The zero-order valence-corrected chi connectivity index (χ0v) is 24.2. The van der Waals surface area contributed by atoms with Crippen molar-refractivity contribution in [2.24, 2.45) is 11.8 Å². The number of ether oxygens (including phenoxy) is 5. The Morgan fingerprint density at radius 2 is 1.59 bits per heavy atom. The number of epoxide rings is 1. The van der Waals surface area contributed by atoms with Gasteiger partial charge in [-0.3, -0.25) is 14.5 Å². The number of hydrogen-bond acceptors (Lipinski definition) is 9. The zero-order valence-electron chi connectivity index (χ0n) is 24.2. The maximum absolute atomic E-state index is 13.5. The van der Waals surface area contributed by atoms with Crippen molar-refractivity contribution in [3.63, 3.8) is 0 Å². The van der Waals surface area contributed by atoms with Gasteiger partial charge in [0.1, 0.15) is 6.04 Å². The lowest BCUT2D eigenvalue weighted by atomic mass is 10.0. The molecule has 2 aliphatic heterocycles. The fraction of sp³-hybridized carbons (Fsp3) is 0.679. The molecule has 3 rings (SSSR count). The molecule has 2 fully saturated rings. The van der Waals surface area contributed by atoms with Crippen LogP contribution in [-0.2, 0) is 30.4 Å². The van der Waals surface area contributed by atoms with E-state index < -0.39 is 23.5 Å². The Morgan fingerprint density at radius 1 is 0.949 bits per heavy atom. The van der Waals surface area contributed by atoms with Crippen LogP contribution in [0.1, 0.15) is 39.7 Å². The molecule has 218 valence electrons. The van der Waals surface area contributed by atoms with Gasteiger partial charge in [-0.1, -0.05) is 33.8 Å². The third-order valence-electron chi connectivity index (χ3n) is 6.85. The van der Waals surface area contributed by atoms with E-state index in [2.05, 4.69) is 10.2 Å². The van der Waals surface area contributed by atoms with Gasteiger partial charge in [0.2, 0.25) is 11.7 Å². The topological polar surface area (TPSA) is 119 Å². The predicted octanol–water partition coefficient (Wildman–Crippen LogP) is 1.86. The second-order valence-electron chi connectivity index (χ2n) is 10.9. The molecule has 2 heterocycles. The molecular formula is C28H43N3O8. The first-order valence-electron chi connectivity index (χ1n) is 13.5. The number of hydrogen-bond donors (Lipinski definition) is 1. The standard InChI is InChI=1S/C28H43N3O8/c1-18(2)14-21(29-26(33)28(17-39-28)27(34)38-16-19(3)4)25(32)31-12-10-30(11-13-31)15-20-8-9-22(35-5)24(37-7)23(20)36-6/h8-9,18-19,21H,10-17H2,1-7H3,(H,29,33)/t21-,28?/m0/s1. The number of nitrogens with one attached hydrogen (secondary N) is 1. The average Bonchev–Trinajstić information content (AvgIpc) is 3.73. The molecule has 0 aromatic heterocycles. The molecule has 2 saturated heterocycles. The number of piperazine rings is 1. The first kappa shape index (κ1) is 30.5. The Bertz CT molecular complexity index is 1020. The summed E-state index contributed by atoms with van der Waals surface area (Å²) in [4.78, 5) is 43.1. The second kappa shape index (κ2) is 13.3. The van der Waals surface area contributed by atoms with Gasteiger partial charge in [-0.15, -0.1) is 0 Å². The van der Waals surface area contributed by atoms with Gasteiger partial charge in [0, 0.05) is 38.3 Å². The fourth-order valence-electron chi connectivity index (χ4n) is 4.62. The van der Waals surface area contributed by atoms with Crippen LogP contribution in [-0.4, -0.2) is 99.9 Å². The molecule has 1 aromatic rings. The Labute approximate surface area is 231 Å². The zero-order chi connectivity index (χ0) is 28.7. The molecule has 1 N–H and O–H groups in total. The molecule has 2 amide bonds. The smallest absolute Gasteiger partial charge is 0.350 e. The lowest BCUT2D eigenvalue weighted by Crippen LogP contribution is -2.57. The molecule has 0 spiro atoms.